The van der Waals surface area contributed by atoms with Gasteiger partial charge in [-0.15, -0.1) is 0 Å². The summed E-state index contributed by atoms with van der Waals surface area (Å²) in [7, 11) is 0. The average Bonchev–Trinajstić information content (AvgIpc) is 2.93. The van der Waals surface area contributed by atoms with E-state index in [4.69, 9.17) is 4.42 Å². The third-order valence-electron chi connectivity index (χ3n) is 3.43. The summed E-state index contributed by atoms with van der Waals surface area (Å²) in [4.78, 5) is 28.0. The van der Waals surface area contributed by atoms with Gasteiger partial charge in [-0.2, -0.15) is 0 Å². The van der Waals surface area contributed by atoms with Crippen LogP contribution >= 0.6 is 0 Å². The van der Waals surface area contributed by atoms with Crippen molar-refractivity contribution in [3.05, 3.63) is 60.0 Å². The van der Waals surface area contributed by atoms with Crippen molar-refractivity contribution in [2.75, 3.05) is 11.9 Å². The van der Waals surface area contributed by atoms with Crippen molar-refractivity contribution in [2.45, 2.75) is 13.3 Å². The summed E-state index contributed by atoms with van der Waals surface area (Å²) in [6.45, 7) is 1.68. The SMILES string of the molecule is Cc1nc2cc(NC(=O)CNC(=O)Cc3ccccc3)ccc2o1. The van der Waals surface area contributed by atoms with Gasteiger partial charge >= 0.3 is 0 Å². The fraction of sp³-hybridized carbons (Fsp3) is 0.167. The maximum Gasteiger partial charge on any atom is 0.243 e. The van der Waals surface area contributed by atoms with Crippen LogP contribution in [0.15, 0.2) is 52.9 Å². The second kappa shape index (κ2) is 6.95. The zero-order valence-electron chi connectivity index (χ0n) is 13.2. The van der Waals surface area contributed by atoms with Crippen molar-refractivity contribution >= 4 is 28.6 Å². The first kappa shape index (κ1) is 15.7. The minimum absolute atomic E-state index is 0.0818. The molecule has 0 spiro atoms. The largest absolute Gasteiger partial charge is 0.441 e. The highest BCUT2D eigenvalue weighted by molar-refractivity contribution is 5.96. The molecule has 1 aromatic heterocycles. The fourth-order valence-electron chi connectivity index (χ4n) is 2.35. The van der Waals surface area contributed by atoms with E-state index in [9.17, 15) is 9.59 Å². The molecule has 0 unspecified atom stereocenters. The number of hydrogen-bond donors (Lipinski definition) is 2. The van der Waals surface area contributed by atoms with Crippen LogP contribution in [0.25, 0.3) is 11.1 Å². The minimum atomic E-state index is -0.295. The summed E-state index contributed by atoms with van der Waals surface area (Å²) in [5.41, 5.74) is 2.86. The molecular weight excluding hydrogens is 306 g/mol. The van der Waals surface area contributed by atoms with Crippen molar-refractivity contribution in [1.82, 2.24) is 10.3 Å². The van der Waals surface area contributed by atoms with Gasteiger partial charge in [0.1, 0.15) is 5.52 Å². The summed E-state index contributed by atoms with van der Waals surface area (Å²) in [5, 5.41) is 5.33. The topological polar surface area (TPSA) is 84.2 Å². The molecule has 0 aliphatic rings. The molecule has 2 N–H and O–H groups in total. The van der Waals surface area contributed by atoms with Crippen molar-refractivity contribution in [3.8, 4) is 0 Å². The van der Waals surface area contributed by atoms with E-state index in [-0.39, 0.29) is 24.8 Å². The first-order valence-electron chi connectivity index (χ1n) is 7.58. The van der Waals surface area contributed by atoms with Crippen LogP contribution in [0.5, 0.6) is 0 Å². The molecule has 0 atom stereocenters. The summed E-state index contributed by atoms with van der Waals surface area (Å²) < 4.78 is 5.38. The fourth-order valence-corrected chi connectivity index (χ4v) is 2.35. The summed E-state index contributed by atoms with van der Waals surface area (Å²) in [6.07, 6.45) is 0.248. The van der Waals surface area contributed by atoms with Gasteiger partial charge < -0.3 is 15.1 Å². The van der Waals surface area contributed by atoms with E-state index in [0.29, 0.717) is 22.7 Å². The summed E-state index contributed by atoms with van der Waals surface area (Å²) in [6, 6.07) is 14.6. The number of rotatable bonds is 5. The Bertz CT molecular complexity index is 872. The second-order valence-corrected chi connectivity index (χ2v) is 5.40. The molecule has 1 heterocycles. The number of fused-ring (bicyclic) bond motifs is 1. The van der Waals surface area contributed by atoms with Crippen LogP contribution in [0.3, 0.4) is 0 Å². The van der Waals surface area contributed by atoms with Gasteiger partial charge in [-0.05, 0) is 23.8 Å². The summed E-state index contributed by atoms with van der Waals surface area (Å²) >= 11 is 0. The predicted molar refractivity (Wildman–Crippen MR) is 90.5 cm³/mol. The molecule has 6 heteroatoms. The Labute approximate surface area is 138 Å². The highest BCUT2D eigenvalue weighted by Gasteiger charge is 2.08. The molecule has 0 bridgehead atoms. The molecule has 3 aromatic rings. The Hall–Kier alpha value is -3.15. The molecule has 0 saturated heterocycles. The van der Waals surface area contributed by atoms with Crippen LogP contribution in [0.1, 0.15) is 11.5 Å². The molecule has 0 aliphatic carbocycles. The number of benzene rings is 2. The van der Waals surface area contributed by atoms with Gasteiger partial charge in [-0.1, -0.05) is 30.3 Å². The molecule has 24 heavy (non-hydrogen) atoms. The van der Waals surface area contributed by atoms with Crippen molar-refractivity contribution in [1.29, 1.82) is 0 Å². The van der Waals surface area contributed by atoms with Crippen LogP contribution in [-0.4, -0.2) is 23.3 Å². The average molecular weight is 323 g/mol. The molecule has 0 fully saturated rings. The van der Waals surface area contributed by atoms with Gasteiger partial charge in [-0.25, -0.2) is 4.98 Å². The number of aromatic nitrogens is 1. The van der Waals surface area contributed by atoms with E-state index in [2.05, 4.69) is 15.6 Å². The Kier molecular flexibility index (Phi) is 4.56. The van der Waals surface area contributed by atoms with Crippen LogP contribution in [-0.2, 0) is 16.0 Å². The first-order valence-corrected chi connectivity index (χ1v) is 7.58. The van der Waals surface area contributed by atoms with Crippen LogP contribution in [0.2, 0.25) is 0 Å². The molecule has 0 radical (unpaired) electrons. The molecule has 0 aliphatic heterocycles. The predicted octanol–water partition coefficient (Wildman–Crippen LogP) is 2.43. The zero-order chi connectivity index (χ0) is 16.9. The number of oxazole rings is 1. The Morgan fingerprint density at radius 2 is 1.88 bits per heavy atom. The molecule has 6 nitrogen and oxygen atoms in total. The smallest absolute Gasteiger partial charge is 0.243 e. The number of hydrogen-bond acceptors (Lipinski definition) is 4. The number of nitrogens with zero attached hydrogens (tertiary/aromatic N) is 1. The Balaban J connectivity index is 1.52. The van der Waals surface area contributed by atoms with Crippen molar-refractivity contribution < 1.29 is 14.0 Å². The standard InChI is InChI=1S/C18H17N3O3/c1-12-20-15-10-14(7-8-16(15)24-12)21-18(23)11-19-17(22)9-13-5-3-2-4-6-13/h2-8,10H,9,11H2,1H3,(H,19,22)(H,21,23). The number of carbonyl (C=O) groups is 2. The minimum Gasteiger partial charge on any atom is -0.441 e. The quantitative estimate of drug-likeness (QED) is 0.755. The first-order chi connectivity index (χ1) is 11.6. The molecule has 122 valence electrons. The molecular formula is C18H17N3O3. The van der Waals surface area contributed by atoms with Gasteiger partial charge in [0.2, 0.25) is 11.8 Å². The lowest BCUT2D eigenvalue weighted by Gasteiger charge is -2.07. The van der Waals surface area contributed by atoms with Crippen molar-refractivity contribution in [2.24, 2.45) is 0 Å². The lowest BCUT2D eigenvalue weighted by Crippen LogP contribution is -2.33. The van der Waals surface area contributed by atoms with Gasteiger partial charge in [-0.3, -0.25) is 9.59 Å². The van der Waals surface area contributed by atoms with E-state index in [0.717, 1.165) is 5.56 Å². The highest BCUT2D eigenvalue weighted by Crippen LogP contribution is 2.19. The lowest BCUT2D eigenvalue weighted by molar-refractivity contribution is -0.123. The van der Waals surface area contributed by atoms with Crippen LogP contribution < -0.4 is 10.6 Å². The van der Waals surface area contributed by atoms with E-state index in [1.54, 1.807) is 25.1 Å². The maximum absolute atomic E-state index is 11.9. The second-order valence-electron chi connectivity index (χ2n) is 5.40. The lowest BCUT2D eigenvalue weighted by atomic mass is 10.1. The highest BCUT2D eigenvalue weighted by atomic mass is 16.3. The number of amides is 2. The number of anilines is 1. The van der Waals surface area contributed by atoms with E-state index >= 15 is 0 Å². The van der Waals surface area contributed by atoms with Gasteiger partial charge in [0, 0.05) is 12.6 Å². The monoisotopic (exact) mass is 323 g/mol. The number of carbonyl (C=O) groups excluding carboxylic acids is 2. The summed E-state index contributed by atoms with van der Waals surface area (Å²) in [5.74, 6) is 0.0801. The molecule has 2 amide bonds. The third-order valence-corrected chi connectivity index (χ3v) is 3.43. The number of aryl methyl sites for hydroxylation is 1. The van der Waals surface area contributed by atoms with Crippen molar-refractivity contribution in [3.63, 3.8) is 0 Å². The Morgan fingerprint density at radius 1 is 1.08 bits per heavy atom. The molecule has 2 aromatic carbocycles. The van der Waals surface area contributed by atoms with Gasteiger partial charge in [0.05, 0.1) is 13.0 Å². The Morgan fingerprint density at radius 3 is 2.67 bits per heavy atom. The van der Waals surface area contributed by atoms with E-state index < -0.39 is 0 Å². The maximum atomic E-state index is 11.9. The normalized spacial score (nSPS) is 10.5. The van der Waals surface area contributed by atoms with Gasteiger partial charge in [0.25, 0.3) is 0 Å². The van der Waals surface area contributed by atoms with Crippen LogP contribution in [0.4, 0.5) is 5.69 Å². The third kappa shape index (κ3) is 3.98. The molecule has 3 rings (SSSR count). The van der Waals surface area contributed by atoms with Gasteiger partial charge in [0.15, 0.2) is 11.5 Å². The number of nitrogens with one attached hydrogen (secondary N) is 2. The van der Waals surface area contributed by atoms with E-state index in [1.807, 2.05) is 30.3 Å². The van der Waals surface area contributed by atoms with Crippen LogP contribution in [0, 0.1) is 6.92 Å². The zero-order valence-corrected chi connectivity index (χ0v) is 13.2. The van der Waals surface area contributed by atoms with E-state index in [1.165, 1.54) is 0 Å². The molecule has 0 saturated carbocycles.